The van der Waals surface area contributed by atoms with Crippen molar-refractivity contribution in [3.05, 3.63) is 100 Å². The van der Waals surface area contributed by atoms with Gasteiger partial charge in [0.1, 0.15) is 23.9 Å². The molecule has 1 N–H and O–H groups in total. The van der Waals surface area contributed by atoms with Gasteiger partial charge in [0.25, 0.3) is 0 Å². The summed E-state index contributed by atoms with van der Waals surface area (Å²) >= 11 is 7.85. The van der Waals surface area contributed by atoms with Gasteiger partial charge in [0.2, 0.25) is 11.8 Å². The van der Waals surface area contributed by atoms with Gasteiger partial charge in [-0.3, -0.25) is 14.5 Å². The Balaban J connectivity index is 1.67. The predicted molar refractivity (Wildman–Crippen MR) is 151 cm³/mol. The Kier molecular flexibility index (Phi) is 7.55. The zero-order valence-corrected chi connectivity index (χ0v) is 23.4. The van der Waals surface area contributed by atoms with Gasteiger partial charge in [0, 0.05) is 16.0 Å². The average Bonchev–Trinajstić information content (AvgIpc) is 3.52. The first-order chi connectivity index (χ1) is 18.6. The number of thioether (sulfide) groups is 1. The molecule has 1 aliphatic rings. The third-order valence-corrected chi connectivity index (χ3v) is 7.85. The van der Waals surface area contributed by atoms with Gasteiger partial charge >= 0.3 is 0 Å². The molecule has 0 saturated carbocycles. The minimum Gasteiger partial charge on any atom is -0.467 e. The van der Waals surface area contributed by atoms with E-state index in [1.165, 1.54) is 35.1 Å². The van der Waals surface area contributed by atoms with Crippen LogP contribution in [0.15, 0.2) is 71.3 Å². The molecule has 4 aromatic rings. The largest absolute Gasteiger partial charge is 0.467 e. The summed E-state index contributed by atoms with van der Waals surface area (Å²) in [5.41, 5.74) is 2.69. The van der Waals surface area contributed by atoms with Crippen molar-refractivity contribution in [2.75, 3.05) is 17.2 Å². The summed E-state index contributed by atoms with van der Waals surface area (Å²) in [7, 11) is 0. The molecule has 0 aliphatic carbocycles. The Morgan fingerprint density at radius 1 is 1.18 bits per heavy atom. The maximum atomic E-state index is 13.9. The molecule has 39 heavy (non-hydrogen) atoms. The molecule has 0 fully saturated rings. The maximum Gasteiger partial charge on any atom is 0.240 e. The highest BCUT2D eigenvalue weighted by Gasteiger charge is 2.40. The monoisotopic (exact) mass is 566 g/mol. The highest BCUT2D eigenvalue weighted by Crippen LogP contribution is 2.48. The molecule has 10 heteroatoms. The van der Waals surface area contributed by atoms with Crippen molar-refractivity contribution in [2.45, 2.75) is 38.0 Å². The molecule has 1 atom stereocenters. The topological polar surface area (TPSA) is 80.4 Å². The number of nitrogens with zero attached hydrogens (tertiary/aromatic N) is 3. The molecule has 0 unspecified atom stereocenters. The lowest BCUT2D eigenvalue weighted by Crippen LogP contribution is -2.42. The molecule has 3 heterocycles. The minimum absolute atomic E-state index is 0.143. The fourth-order valence-electron chi connectivity index (χ4n) is 4.57. The van der Waals surface area contributed by atoms with E-state index in [1.807, 2.05) is 18.2 Å². The van der Waals surface area contributed by atoms with Gasteiger partial charge in [-0.05, 0) is 54.1 Å². The van der Waals surface area contributed by atoms with Crippen LogP contribution in [0.2, 0.25) is 5.02 Å². The first-order valence-electron chi connectivity index (χ1n) is 12.5. The molecule has 2 aromatic heterocycles. The van der Waals surface area contributed by atoms with Gasteiger partial charge in [0.05, 0.1) is 35.2 Å². The van der Waals surface area contributed by atoms with Crippen molar-refractivity contribution in [3.8, 4) is 5.69 Å². The third-order valence-electron chi connectivity index (χ3n) is 6.36. The zero-order valence-electron chi connectivity index (χ0n) is 21.8. The number of halogens is 2. The molecule has 2 aromatic carbocycles. The molecule has 0 bridgehead atoms. The molecule has 5 rings (SSSR count). The smallest absolute Gasteiger partial charge is 0.240 e. The summed E-state index contributed by atoms with van der Waals surface area (Å²) in [5, 5.41) is 8.13. The molecule has 7 nitrogen and oxygen atoms in total. The first-order valence-corrected chi connectivity index (χ1v) is 13.9. The van der Waals surface area contributed by atoms with E-state index in [-0.39, 0.29) is 41.7 Å². The molecule has 0 radical (unpaired) electrons. The lowest BCUT2D eigenvalue weighted by Gasteiger charge is -2.24. The second-order valence-electron chi connectivity index (χ2n) is 10.3. The lowest BCUT2D eigenvalue weighted by molar-refractivity contribution is -0.123. The average molecular weight is 567 g/mol. The number of nitrogens with one attached hydrogen (secondary N) is 1. The number of furan rings is 1. The van der Waals surface area contributed by atoms with E-state index in [1.54, 1.807) is 35.0 Å². The van der Waals surface area contributed by atoms with E-state index in [0.29, 0.717) is 22.3 Å². The van der Waals surface area contributed by atoms with Crippen LogP contribution in [0.3, 0.4) is 0 Å². The first kappa shape index (κ1) is 27.0. The SMILES string of the molecule is CC(C)(C)c1nn(-c2ccc(F)cc2)c2c1[C@@H](c1cccc(Cl)c1)SCC(=O)N2CC(=O)NCc1ccco1. The van der Waals surface area contributed by atoms with E-state index in [2.05, 4.69) is 26.1 Å². The Bertz CT molecular complexity index is 1500. The minimum atomic E-state index is -0.409. The van der Waals surface area contributed by atoms with Gasteiger partial charge < -0.3 is 9.73 Å². The molecular formula is C29H28ClFN4O3S. The van der Waals surface area contributed by atoms with Crippen molar-refractivity contribution in [2.24, 2.45) is 0 Å². The number of aromatic nitrogens is 2. The standard InChI is InChI=1S/C29H28ClFN4O3S/c1-29(2,3)27-25-26(18-6-4-7-19(30)14-18)39-17-24(37)34(16-23(36)32-15-22-8-5-13-38-22)28(25)35(33-27)21-11-9-20(31)10-12-21/h4-14,26H,15-17H2,1-3H3,(H,32,36)/t26-/m1/s1. The highest BCUT2D eigenvalue weighted by atomic mass is 35.5. The van der Waals surface area contributed by atoms with Gasteiger partial charge in [0.15, 0.2) is 0 Å². The lowest BCUT2D eigenvalue weighted by atomic mass is 9.87. The molecule has 0 spiro atoms. The number of fused-ring (bicyclic) bond motifs is 1. The summed E-state index contributed by atoms with van der Waals surface area (Å²) in [5.74, 6) is 0.271. The molecule has 0 saturated heterocycles. The zero-order chi connectivity index (χ0) is 27.7. The van der Waals surface area contributed by atoms with E-state index < -0.39 is 5.41 Å². The van der Waals surface area contributed by atoms with Crippen LogP contribution in [-0.2, 0) is 21.5 Å². The summed E-state index contributed by atoms with van der Waals surface area (Å²) in [6.45, 7) is 6.14. The number of hydrogen-bond acceptors (Lipinski definition) is 5. The van der Waals surface area contributed by atoms with Crippen molar-refractivity contribution in [1.29, 1.82) is 0 Å². The summed E-state index contributed by atoms with van der Waals surface area (Å²) in [4.78, 5) is 28.3. The van der Waals surface area contributed by atoms with Crippen molar-refractivity contribution in [1.82, 2.24) is 15.1 Å². The van der Waals surface area contributed by atoms with Crippen molar-refractivity contribution < 1.29 is 18.4 Å². The van der Waals surface area contributed by atoms with Crippen LogP contribution in [0.5, 0.6) is 0 Å². The molecule has 2 amide bonds. The van der Waals surface area contributed by atoms with E-state index in [0.717, 1.165) is 16.8 Å². The van der Waals surface area contributed by atoms with Crippen LogP contribution in [-0.4, -0.2) is 33.9 Å². The van der Waals surface area contributed by atoms with Crippen LogP contribution >= 0.6 is 23.4 Å². The van der Waals surface area contributed by atoms with E-state index >= 15 is 0 Å². The number of amides is 2. The van der Waals surface area contributed by atoms with Crippen LogP contribution in [0, 0.1) is 5.82 Å². The fraction of sp³-hybridized carbons (Fsp3) is 0.276. The Morgan fingerprint density at radius 2 is 1.95 bits per heavy atom. The number of hydrogen-bond donors (Lipinski definition) is 1. The highest BCUT2D eigenvalue weighted by molar-refractivity contribution is 8.00. The van der Waals surface area contributed by atoms with Crippen LogP contribution in [0.25, 0.3) is 5.69 Å². The van der Waals surface area contributed by atoms with Crippen molar-refractivity contribution in [3.63, 3.8) is 0 Å². The Morgan fingerprint density at radius 3 is 2.62 bits per heavy atom. The van der Waals surface area contributed by atoms with Gasteiger partial charge in [-0.25, -0.2) is 9.07 Å². The van der Waals surface area contributed by atoms with Crippen LogP contribution in [0.4, 0.5) is 10.2 Å². The number of anilines is 1. The molecule has 1 aliphatic heterocycles. The van der Waals surface area contributed by atoms with E-state index in [9.17, 15) is 14.0 Å². The van der Waals surface area contributed by atoms with Gasteiger partial charge in [-0.15, -0.1) is 11.8 Å². The van der Waals surface area contributed by atoms with Crippen LogP contribution < -0.4 is 10.2 Å². The third kappa shape index (κ3) is 5.74. The van der Waals surface area contributed by atoms with Crippen LogP contribution in [0.1, 0.15) is 48.6 Å². The Hall–Kier alpha value is -3.56. The number of carbonyl (C=O) groups is 2. The fourth-order valence-corrected chi connectivity index (χ4v) is 5.95. The van der Waals surface area contributed by atoms with Crippen molar-refractivity contribution >= 4 is 41.0 Å². The second kappa shape index (κ2) is 10.9. The molecule has 202 valence electrons. The summed E-state index contributed by atoms with van der Waals surface area (Å²) in [6.07, 6.45) is 1.54. The second-order valence-corrected chi connectivity index (χ2v) is 11.8. The maximum absolute atomic E-state index is 13.9. The number of benzene rings is 2. The normalized spacial score (nSPS) is 15.7. The molecular weight excluding hydrogens is 539 g/mol. The van der Waals surface area contributed by atoms with E-state index in [4.69, 9.17) is 21.1 Å². The summed E-state index contributed by atoms with van der Waals surface area (Å²) < 4.78 is 20.8. The van der Waals surface area contributed by atoms with Gasteiger partial charge in [-0.2, -0.15) is 5.10 Å². The Labute approximate surface area is 235 Å². The number of rotatable bonds is 6. The summed E-state index contributed by atoms with van der Waals surface area (Å²) in [6, 6.07) is 17.0. The number of carbonyl (C=O) groups excluding carboxylic acids is 2. The quantitative estimate of drug-likeness (QED) is 0.308. The van der Waals surface area contributed by atoms with Gasteiger partial charge in [-0.1, -0.05) is 44.5 Å². The predicted octanol–water partition coefficient (Wildman–Crippen LogP) is 6.04.